The molecular formula is C14H19NO. The number of hydrogen-bond acceptors (Lipinski definition) is 2. The molecule has 2 bridgehead atoms. The molecule has 2 aliphatic rings. The molecule has 0 radical (unpaired) electrons. The van der Waals surface area contributed by atoms with Gasteiger partial charge < -0.3 is 10.4 Å². The van der Waals surface area contributed by atoms with Gasteiger partial charge in [-0.15, -0.1) is 0 Å². The van der Waals surface area contributed by atoms with Crippen molar-refractivity contribution in [1.29, 1.82) is 0 Å². The maximum atomic E-state index is 9.82. The lowest BCUT2D eigenvalue weighted by molar-refractivity contribution is 0.148. The normalized spacial score (nSPS) is 37.6. The Balaban J connectivity index is 1.65. The van der Waals surface area contributed by atoms with E-state index in [1.54, 1.807) is 0 Å². The van der Waals surface area contributed by atoms with Crippen molar-refractivity contribution in [1.82, 2.24) is 5.32 Å². The Morgan fingerprint density at radius 3 is 2.69 bits per heavy atom. The quantitative estimate of drug-likeness (QED) is 0.790. The maximum Gasteiger partial charge on any atom is 0.0708 e. The molecule has 0 aliphatic carbocycles. The van der Waals surface area contributed by atoms with Crippen molar-refractivity contribution in [3.05, 3.63) is 35.9 Å². The molecule has 1 aromatic rings. The van der Waals surface area contributed by atoms with E-state index < -0.39 is 0 Å². The minimum atomic E-state index is -0.106. The number of benzene rings is 1. The number of aliphatic hydroxyl groups is 1. The second-order valence-electron chi connectivity index (χ2n) is 5.30. The van der Waals surface area contributed by atoms with Crippen LogP contribution in [0.2, 0.25) is 0 Å². The van der Waals surface area contributed by atoms with E-state index in [4.69, 9.17) is 0 Å². The largest absolute Gasteiger partial charge is 0.391 e. The van der Waals surface area contributed by atoms with Gasteiger partial charge in [-0.25, -0.2) is 0 Å². The second kappa shape index (κ2) is 4.19. The van der Waals surface area contributed by atoms with Crippen molar-refractivity contribution in [2.75, 3.05) is 0 Å². The predicted octanol–water partition coefficient (Wildman–Crippen LogP) is 1.73. The molecule has 3 rings (SSSR count). The van der Waals surface area contributed by atoms with Crippen molar-refractivity contribution in [3.63, 3.8) is 0 Å². The molecule has 1 aromatic carbocycles. The fourth-order valence-electron chi connectivity index (χ4n) is 3.30. The lowest BCUT2D eigenvalue weighted by atomic mass is 9.87. The lowest BCUT2D eigenvalue weighted by Gasteiger charge is -2.29. The average Bonchev–Trinajstić information content (AvgIpc) is 2.54. The molecule has 2 aliphatic heterocycles. The molecule has 0 spiro atoms. The highest BCUT2D eigenvalue weighted by atomic mass is 16.3. The van der Waals surface area contributed by atoms with Crippen LogP contribution in [0, 0.1) is 5.92 Å². The van der Waals surface area contributed by atoms with E-state index in [1.165, 1.54) is 18.4 Å². The average molecular weight is 217 g/mol. The summed E-state index contributed by atoms with van der Waals surface area (Å²) in [5.74, 6) is 0.746. The molecule has 86 valence electrons. The van der Waals surface area contributed by atoms with Gasteiger partial charge in [0.15, 0.2) is 0 Å². The van der Waals surface area contributed by atoms with Gasteiger partial charge in [0.2, 0.25) is 0 Å². The van der Waals surface area contributed by atoms with Gasteiger partial charge in [-0.2, -0.15) is 0 Å². The van der Waals surface area contributed by atoms with Crippen LogP contribution in [-0.4, -0.2) is 23.3 Å². The van der Waals surface area contributed by atoms with Crippen LogP contribution < -0.4 is 5.32 Å². The van der Waals surface area contributed by atoms with E-state index in [-0.39, 0.29) is 6.10 Å². The summed E-state index contributed by atoms with van der Waals surface area (Å²) >= 11 is 0. The highest BCUT2D eigenvalue weighted by Crippen LogP contribution is 2.33. The van der Waals surface area contributed by atoms with Crippen LogP contribution in [0.25, 0.3) is 0 Å². The van der Waals surface area contributed by atoms with E-state index >= 15 is 0 Å². The zero-order chi connectivity index (χ0) is 11.0. The Morgan fingerprint density at radius 2 is 1.94 bits per heavy atom. The Bertz CT molecular complexity index is 349. The summed E-state index contributed by atoms with van der Waals surface area (Å²) in [6.45, 7) is 0. The first-order valence-corrected chi connectivity index (χ1v) is 6.29. The summed E-state index contributed by atoms with van der Waals surface area (Å²) < 4.78 is 0. The van der Waals surface area contributed by atoms with Gasteiger partial charge in [-0.1, -0.05) is 30.3 Å². The van der Waals surface area contributed by atoms with E-state index in [0.717, 1.165) is 18.8 Å². The van der Waals surface area contributed by atoms with Gasteiger partial charge in [0.05, 0.1) is 6.10 Å². The first kappa shape index (κ1) is 10.3. The molecular weight excluding hydrogens is 198 g/mol. The highest BCUT2D eigenvalue weighted by molar-refractivity contribution is 5.16. The first-order chi connectivity index (χ1) is 7.81. The number of piperidine rings is 1. The Labute approximate surface area is 96.7 Å². The summed E-state index contributed by atoms with van der Waals surface area (Å²) in [7, 11) is 0. The minimum Gasteiger partial charge on any atom is -0.391 e. The van der Waals surface area contributed by atoms with Crippen molar-refractivity contribution < 1.29 is 5.11 Å². The van der Waals surface area contributed by atoms with Gasteiger partial charge in [0.1, 0.15) is 0 Å². The van der Waals surface area contributed by atoms with E-state index in [1.807, 2.05) is 0 Å². The summed E-state index contributed by atoms with van der Waals surface area (Å²) in [5.41, 5.74) is 1.43. The van der Waals surface area contributed by atoms with Crippen LogP contribution >= 0.6 is 0 Å². The fourth-order valence-corrected chi connectivity index (χ4v) is 3.30. The second-order valence-corrected chi connectivity index (χ2v) is 5.30. The summed E-state index contributed by atoms with van der Waals surface area (Å²) in [6, 6.07) is 11.6. The van der Waals surface area contributed by atoms with Crippen LogP contribution in [-0.2, 0) is 6.42 Å². The number of nitrogens with one attached hydrogen (secondary N) is 1. The SMILES string of the molecule is OC1CC2CC(Cc3ccccc3)CC1N2. The van der Waals surface area contributed by atoms with Gasteiger partial charge in [0.25, 0.3) is 0 Å². The number of hydrogen-bond donors (Lipinski definition) is 2. The van der Waals surface area contributed by atoms with Crippen LogP contribution in [0.5, 0.6) is 0 Å². The van der Waals surface area contributed by atoms with Gasteiger partial charge in [-0.05, 0) is 37.2 Å². The van der Waals surface area contributed by atoms with Crippen molar-refractivity contribution >= 4 is 0 Å². The smallest absolute Gasteiger partial charge is 0.0708 e. The molecule has 4 unspecified atom stereocenters. The van der Waals surface area contributed by atoms with Gasteiger partial charge in [-0.3, -0.25) is 0 Å². The molecule has 2 saturated heterocycles. The van der Waals surface area contributed by atoms with E-state index in [2.05, 4.69) is 35.6 Å². The van der Waals surface area contributed by atoms with E-state index in [0.29, 0.717) is 12.1 Å². The molecule has 2 nitrogen and oxygen atoms in total. The molecule has 4 atom stereocenters. The zero-order valence-corrected chi connectivity index (χ0v) is 9.47. The van der Waals surface area contributed by atoms with Crippen LogP contribution in [0.3, 0.4) is 0 Å². The third-order valence-electron chi connectivity index (χ3n) is 4.01. The molecule has 2 N–H and O–H groups in total. The Hall–Kier alpha value is -0.860. The van der Waals surface area contributed by atoms with Crippen LogP contribution in [0.1, 0.15) is 24.8 Å². The zero-order valence-electron chi connectivity index (χ0n) is 9.47. The predicted molar refractivity (Wildman–Crippen MR) is 64.2 cm³/mol. The standard InChI is InChI=1S/C14H19NO/c16-14-9-12-7-11(8-13(14)15-12)6-10-4-2-1-3-5-10/h1-5,11-16H,6-9H2. The first-order valence-electron chi connectivity index (χ1n) is 6.29. The number of aliphatic hydroxyl groups excluding tert-OH is 1. The molecule has 2 heterocycles. The van der Waals surface area contributed by atoms with Gasteiger partial charge >= 0.3 is 0 Å². The van der Waals surface area contributed by atoms with Crippen LogP contribution in [0.4, 0.5) is 0 Å². The van der Waals surface area contributed by atoms with E-state index in [9.17, 15) is 5.11 Å². The topological polar surface area (TPSA) is 32.3 Å². The molecule has 0 amide bonds. The molecule has 16 heavy (non-hydrogen) atoms. The minimum absolute atomic E-state index is 0.106. The van der Waals surface area contributed by atoms with Crippen molar-refractivity contribution in [3.8, 4) is 0 Å². The molecule has 0 aromatic heterocycles. The fraction of sp³-hybridized carbons (Fsp3) is 0.571. The maximum absolute atomic E-state index is 9.82. The third-order valence-corrected chi connectivity index (χ3v) is 4.01. The molecule has 0 saturated carbocycles. The van der Waals surface area contributed by atoms with Crippen LogP contribution in [0.15, 0.2) is 30.3 Å². The summed E-state index contributed by atoms with van der Waals surface area (Å²) in [4.78, 5) is 0. The Morgan fingerprint density at radius 1 is 1.12 bits per heavy atom. The lowest BCUT2D eigenvalue weighted by Crippen LogP contribution is -2.41. The van der Waals surface area contributed by atoms with Crippen molar-refractivity contribution in [2.24, 2.45) is 5.92 Å². The highest BCUT2D eigenvalue weighted by Gasteiger charge is 2.39. The number of fused-ring (bicyclic) bond motifs is 2. The Kier molecular flexibility index (Phi) is 2.70. The third kappa shape index (κ3) is 2.00. The summed E-state index contributed by atoms with van der Waals surface area (Å²) in [6.07, 6.45) is 4.37. The monoisotopic (exact) mass is 217 g/mol. The molecule has 2 fully saturated rings. The number of rotatable bonds is 2. The summed E-state index contributed by atoms with van der Waals surface area (Å²) in [5, 5.41) is 13.3. The van der Waals surface area contributed by atoms with Gasteiger partial charge in [0, 0.05) is 12.1 Å². The molecule has 2 heteroatoms. The van der Waals surface area contributed by atoms with Crippen molar-refractivity contribution in [2.45, 2.75) is 43.9 Å².